The van der Waals surface area contributed by atoms with Crippen molar-refractivity contribution >= 4 is 39.4 Å². The van der Waals surface area contributed by atoms with Crippen LogP contribution in [0.25, 0.3) is 0 Å². The zero-order valence-corrected chi connectivity index (χ0v) is 16.9. The molecule has 1 saturated heterocycles. The van der Waals surface area contributed by atoms with Gasteiger partial charge in [-0.3, -0.25) is 14.5 Å². The van der Waals surface area contributed by atoms with Gasteiger partial charge in [0.2, 0.25) is 11.8 Å². The average Bonchev–Trinajstić information content (AvgIpc) is 2.98. The second kappa shape index (κ2) is 7.87. The molecule has 0 radical (unpaired) electrons. The number of halogens is 1. The van der Waals surface area contributed by atoms with Gasteiger partial charge in [-0.1, -0.05) is 47.0 Å². The lowest BCUT2D eigenvalue weighted by Crippen LogP contribution is -2.31. The van der Waals surface area contributed by atoms with Crippen molar-refractivity contribution in [1.82, 2.24) is 0 Å². The number of fused-ring (bicyclic) bond motifs is 1. The molecule has 5 nitrogen and oxygen atoms in total. The third-order valence-electron chi connectivity index (χ3n) is 5.46. The number of hydrogen-bond donors (Lipinski definition) is 0. The number of nitrogens with zero attached hydrogens (tertiary/aromatic N) is 1. The van der Waals surface area contributed by atoms with Crippen LogP contribution in [0.2, 0.25) is 0 Å². The van der Waals surface area contributed by atoms with Crippen molar-refractivity contribution < 1.29 is 19.1 Å². The standard InChI is InChI=1S/C22H20BrNO4/c23-16-10-8-14(9-11-16)13-28-22(27)15-4-3-5-17(12-15)24-20(25)18-6-1-2-7-19(18)21(24)26/h3-5,8-12,18-19H,1-2,6-7,13H2/t18-,19-/m0/s1. The van der Waals surface area contributed by atoms with Crippen LogP contribution >= 0.6 is 15.9 Å². The van der Waals surface area contributed by atoms with Crippen LogP contribution in [0.3, 0.4) is 0 Å². The minimum atomic E-state index is -0.485. The molecule has 2 aliphatic rings. The molecular formula is C22H20BrNO4. The van der Waals surface area contributed by atoms with Crippen LogP contribution < -0.4 is 4.90 Å². The van der Waals surface area contributed by atoms with Crippen LogP contribution in [-0.2, 0) is 20.9 Å². The summed E-state index contributed by atoms with van der Waals surface area (Å²) in [7, 11) is 0. The Hall–Kier alpha value is -2.47. The Balaban J connectivity index is 1.49. The fourth-order valence-corrected chi connectivity index (χ4v) is 4.27. The first-order valence-corrected chi connectivity index (χ1v) is 10.2. The zero-order chi connectivity index (χ0) is 19.7. The van der Waals surface area contributed by atoms with Crippen molar-refractivity contribution in [2.45, 2.75) is 32.3 Å². The van der Waals surface area contributed by atoms with Crippen molar-refractivity contribution in [3.8, 4) is 0 Å². The Morgan fingerprint density at radius 3 is 2.29 bits per heavy atom. The number of benzene rings is 2. The normalized spacial score (nSPS) is 21.5. The minimum absolute atomic E-state index is 0.143. The molecule has 0 aromatic heterocycles. The van der Waals surface area contributed by atoms with Gasteiger partial charge in [-0.15, -0.1) is 0 Å². The second-order valence-corrected chi connectivity index (χ2v) is 8.18. The topological polar surface area (TPSA) is 63.7 Å². The molecule has 2 fully saturated rings. The molecule has 144 valence electrons. The highest BCUT2D eigenvalue weighted by atomic mass is 79.9. The van der Waals surface area contributed by atoms with E-state index in [1.165, 1.54) is 4.90 Å². The Morgan fingerprint density at radius 2 is 1.64 bits per heavy atom. The van der Waals surface area contributed by atoms with Crippen molar-refractivity contribution in [2.75, 3.05) is 4.90 Å². The summed E-state index contributed by atoms with van der Waals surface area (Å²) >= 11 is 3.37. The van der Waals surface area contributed by atoms with Gasteiger partial charge in [0, 0.05) is 4.47 Å². The molecule has 1 aliphatic heterocycles. The zero-order valence-electron chi connectivity index (χ0n) is 15.3. The van der Waals surface area contributed by atoms with E-state index in [1.807, 2.05) is 24.3 Å². The molecule has 4 rings (SSSR count). The quantitative estimate of drug-likeness (QED) is 0.517. The van der Waals surface area contributed by atoms with Gasteiger partial charge in [0.25, 0.3) is 0 Å². The third kappa shape index (κ3) is 3.61. The summed E-state index contributed by atoms with van der Waals surface area (Å²) in [6.07, 6.45) is 3.49. The SMILES string of the molecule is O=C(OCc1ccc(Br)cc1)c1cccc(N2C(=O)[C@H]3CCCC[C@@H]3C2=O)c1. The van der Waals surface area contributed by atoms with Crippen LogP contribution in [0, 0.1) is 11.8 Å². The van der Waals surface area contributed by atoms with E-state index in [1.54, 1.807) is 24.3 Å². The fraction of sp³-hybridized carbons (Fsp3) is 0.318. The summed E-state index contributed by atoms with van der Waals surface area (Å²) in [6.45, 7) is 0.155. The van der Waals surface area contributed by atoms with Crippen LogP contribution in [-0.4, -0.2) is 17.8 Å². The summed E-state index contributed by atoms with van der Waals surface area (Å²) in [4.78, 5) is 39.2. The second-order valence-electron chi connectivity index (χ2n) is 7.26. The number of carbonyl (C=O) groups is 3. The average molecular weight is 442 g/mol. The monoisotopic (exact) mass is 441 g/mol. The van der Waals surface area contributed by atoms with Gasteiger partial charge in [-0.05, 0) is 48.7 Å². The first-order chi connectivity index (χ1) is 13.5. The summed E-state index contributed by atoms with van der Waals surface area (Å²) in [5.74, 6) is -1.20. The van der Waals surface area contributed by atoms with Crippen molar-refractivity contribution in [3.63, 3.8) is 0 Å². The molecular weight excluding hydrogens is 422 g/mol. The van der Waals surface area contributed by atoms with E-state index in [2.05, 4.69) is 15.9 Å². The summed E-state index contributed by atoms with van der Waals surface area (Å²) < 4.78 is 6.33. The van der Waals surface area contributed by atoms with E-state index >= 15 is 0 Å². The van der Waals surface area contributed by atoms with E-state index in [4.69, 9.17) is 4.74 Å². The van der Waals surface area contributed by atoms with Crippen LogP contribution in [0.4, 0.5) is 5.69 Å². The first kappa shape index (κ1) is 18.9. The number of amides is 2. The molecule has 1 aliphatic carbocycles. The molecule has 2 atom stereocenters. The van der Waals surface area contributed by atoms with E-state index < -0.39 is 5.97 Å². The van der Waals surface area contributed by atoms with Crippen LogP contribution in [0.15, 0.2) is 53.0 Å². The lowest BCUT2D eigenvalue weighted by atomic mass is 9.81. The molecule has 28 heavy (non-hydrogen) atoms. The number of hydrogen-bond acceptors (Lipinski definition) is 4. The number of rotatable bonds is 4. The van der Waals surface area contributed by atoms with Gasteiger partial charge < -0.3 is 4.74 Å². The van der Waals surface area contributed by atoms with Gasteiger partial charge in [0.15, 0.2) is 0 Å². The lowest BCUT2D eigenvalue weighted by Gasteiger charge is -2.19. The Morgan fingerprint density at radius 1 is 1.00 bits per heavy atom. The van der Waals surface area contributed by atoms with E-state index in [0.717, 1.165) is 35.7 Å². The summed E-state index contributed by atoms with van der Waals surface area (Å²) in [5, 5.41) is 0. The van der Waals surface area contributed by atoms with E-state index in [0.29, 0.717) is 11.3 Å². The number of esters is 1. The summed E-state index contributed by atoms with van der Waals surface area (Å²) in [6, 6.07) is 14.1. The van der Waals surface area contributed by atoms with Crippen LogP contribution in [0.5, 0.6) is 0 Å². The molecule has 2 aromatic rings. The maximum Gasteiger partial charge on any atom is 0.338 e. The Labute approximate surface area is 171 Å². The van der Waals surface area contributed by atoms with Gasteiger partial charge >= 0.3 is 5.97 Å². The maximum absolute atomic E-state index is 12.8. The molecule has 1 saturated carbocycles. The highest BCUT2D eigenvalue weighted by Crippen LogP contribution is 2.40. The third-order valence-corrected chi connectivity index (χ3v) is 5.99. The molecule has 0 bridgehead atoms. The van der Waals surface area contributed by atoms with E-state index in [-0.39, 0.29) is 30.3 Å². The molecule has 6 heteroatoms. The maximum atomic E-state index is 12.8. The van der Waals surface area contributed by atoms with Gasteiger partial charge in [-0.25, -0.2) is 4.79 Å². The fourth-order valence-electron chi connectivity index (χ4n) is 4.00. The largest absolute Gasteiger partial charge is 0.457 e. The first-order valence-electron chi connectivity index (χ1n) is 9.44. The molecule has 0 spiro atoms. The molecule has 0 unspecified atom stereocenters. The van der Waals surface area contributed by atoms with Gasteiger partial charge in [-0.2, -0.15) is 0 Å². The molecule has 1 heterocycles. The minimum Gasteiger partial charge on any atom is -0.457 e. The number of carbonyl (C=O) groups excluding carboxylic acids is 3. The van der Waals surface area contributed by atoms with Gasteiger partial charge in [0.1, 0.15) is 6.61 Å². The van der Waals surface area contributed by atoms with E-state index in [9.17, 15) is 14.4 Å². The number of imide groups is 1. The molecule has 0 N–H and O–H groups in total. The Kier molecular flexibility index (Phi) is 5.31. The molecule has 2 amide bonds. The Bertz CT molecular complexity index is 900. The van der Waals surface area contributed by atoms with Crippen molar-refractivity contribution in [3.05, 3.63) is 64.1 Å². The van der Waals surface area contributed by atoms with Crippen molar-refractivity contribution in [2.24, 2.45) is 11.8 Å². The van der Waals surface area contributed by atoms with Crippen molar-refractivity contribution in [1.29, 1.82) is 0 Å². The number of ether oxygens (including phenoxy) is 1. The smallest absolute Gasteiger partial charge is 0.338 e. The highest BCUT2D eigenvalue weighted by Gasteiger charge is 2.48. The molecule has 2 aromatic carbocycles. The predicted molar refractivity (Wildman–Crippen MR) is 108 cm³/mol. The van der Waals surface area contributed by atoms with Crippen LogP contribution in [0.1, 0.15) is 41.6 Å². The van der Waals surface area contributed by atoms with Gasteiger partial charge in [0.05, 0.1) is 23.1 Å². The lowest BCUT2D eigenvalue weighted by molar-refractivity contribution is -0.122. The predicted octanol–water partition coefficient (Wildman–Crippen LogP) is 4.49. The number of anilines is 1. The highest BCUT2D eigenvalue weighted by molar-refractivity contribution is 9.10. The summed E-state index contributed by atoms with van der Waals surface area (Å²) in [5.41, 5.74) is 1.65.